The highest BCUT2D eigenvalue weighted by Gasteiger charge is 2.27. The Kier molecular flexibility index (Phi) is 10.3. The molecule has 0 aliphatic heterocycles. The first kappa shape index (κ1) is 22.1. The van der Waals surface area contributed by atoms with Gasteiger partial charge in [-0.15, -0.1) is 0 Å². The quantitative estimate of drug-likeness (QED) is 0.231. The van der Waals surface area contributed by atoms with Crippen LogP contribution >= 0.6 is 0 Å². The molecule has 0 atom stereocenters. The van der Waals surface area contributed by atoms with E-state index in [-0.39, 0.29) is 11.7 Å². The SMILES string of the molecule is C=C(C)C(=O)NC[N+](CCCC)(CCCC)CCCS(=O)(=O)O. The van der Waals surface area contributed by atoms with E-state index in [0.717, 1.165) is 38.8 Å². The molecule has 0 spiro atoms. The standard InChI is InChI=1S/C16H32N2O4S/c1-5-7-10-18(11-8-6-2,12-9-13-23(20,21)22)14-17-16(19)15(3)4/h3,5-14H2,1-2,4H3,(H-,17,19,20,21,22)/p+1. The van der Waals surface area contributed by atoms with Gasteiger partial charge in [-0.05, 0) is 19.8 Å². The Labute approximate surface area is 141 Å². The number of carbonyl (C=O) groups excluding carboxylic acids is 1. The van der Waals surface area contributed by atoms with Crippen molar-refractivity contribution in [2.24, 2.45) is 0 Å². The van der Waals surface area contributed by atoms with Crippen molar-refractivity contribution < 1.29 is 22.2 Å². The fourth-order valence-corrected chi connectivity index (χ4v) is 3.03. The average molecular weight is 350 g/mol. The molecule has 7 heteroatoms. The number of amides is 1. The number of carbonyl (C=O) groups is 1. The van der Waals surface area contributed by atoms with Crippen LogP contribution in [0.15, 0.2) is 12.2 Å². The van der Waals surface area contributed by atoms with Crippen molar-refractivity contribution >= 4 is 16.0 Å². The van der Waals surface area contributed by atoms with Crippen molar-refractivity contribution in [1.82, 2.24) is 5.32 Å². The number of quaternary nitrogens is 1. The highest BCUT2D eigenvalue weighted by molar-refractivity contribution is 7.85. The van der Waals surface area contributed by atoms with E-state index < -0.39 is 10.1 Å². The summed E-state index contributed by atoms with van der Waals surface area (Å²) in [5.41, 5.74) is 0.465. The van der Waals surface area contributed by atoms with Gasteiger partial charge in [0.15, 0.2) is 6.67 Å². The third kappa shape index (κ3) is 10.5. The zero-order valence-corrected chi connectivity index (χ0v) is 15.6. The molecule has 0 unspecified atom stereocenters. The highest BCUT2D eigenvalue weighted by Crippen LogP contribution is 2.13. The van der Waals surface area contributed by atoms with E-state index in [0.29, 0.717) is 29.7 Å². The predicted molar refractivity (Wildman–Crippen MR) is 93.5 cm³/mol. The molecule has 0 fully saturated rings. The lowest BCUT2D eigenvalue weighted by Gasteiger charge is -2.39. The minimum Gasteiger partial charge on any atom is -0.307 e. The van der Waals surface area contributed by atoms with Crippen molar-refractivity contribution in [3.8, 4) is 0 Å². The number of hydrogen-bond acceptors (Lipinski definition) is 3. The fourth-order valence-electron chi connectivity index (χ4n) is 2.53. The van der Waals surface area contributed by atoms with Gasteiger partial charge in [-0.3, -0.25) is 9.35 Å². The Bertz CT molecular complexity index is 466. The molecular weight excluding hydrogens is 316 g/mol. The number of nitrogens with one attached hydrogen (secondary N) is 1. The monoisotopic (exact) mass is 349 g/mol. The van der Waals surface area contributed by atoms with E-state index in [1.165, 1.54) is 0 Å². The van der Waals surface area contributed by atoms with Gasteiger partial charge in [0.05, 0.1) is 25.4 Å². The van der Waals surface area contributed by atoms with Gasteiger partial charge in [0.25, 0.3) is 16.0 Å². The molecule has 0 rings (SSSR count). The minimum absolute atomic E-state index is 0.171. The third-order valence-electron chi connectivity index (χ3n) is 3.97. The maximum atomic E-state index is 11.8. The largest absolute Gasteiger partial charge is 0.307 e. The van der Waals surface area contributed by atoms with Crippen LogP contribution in [0.4, 0.5) is 0 Å². The number of unbranched alkanes of at least 4 members (excludes halogenated alkanes) is 2. The molecule has 0 radical (unpaired) electrons. The normalized spacial score (nSPS) is 12.2. The van der Waals surface area contributed by atoms with E-state index in [2.05, 4.69) is 25.7 Å². The van der Waals surface area contributed by atoms with E-state index in [9.17, 15) is 13.2 Å². The molecule has 2 N–H and O–H groups in total. The molecule has 0 aliphatic rings. The van der Waals surface area contributed by atoms with E-state index in [1.54, 1.807) is 6.92 Å². The Hall–Kier alpha value is -0.920. The topological polar surface area (TPSA) is 83.5 Å². The van der Waals surface area contributed by atoms with Crippen LogP contribution in [0.25, 0.3) is 0 Å². The third-order valence-corrected chi connectivity index (χ3v) is 4.77. The van der Waals surface area contributed by atoms with Crippen LogP contribution in [0.2, 0.25) is 0 Å². The van der Waals surface area contributed by atoms with Crippen LogP contribution in [-0.4, -0.2) is 55.4 Å². The first-order valence-electron chi connectivity index (χ1n) is 8.39. The Morgan fingerprint density at radius 1 is 1.09 bits per heavy atom. The first-order valence-corrected chi connectivity index (χ1v) is 10.0. The van der Waals surface area contributed by atoms with Crippen molar-refractivity contribution in [1.29, 1.82) is 0 Å². The maximum absolute atomic E-state index is 11.8. The van der Waals surface area contributed by atoms with Crippen molar-refractivity contribution in [3.63, 3.8) is 0 Å². The van der Waals surface area contributed by atoms with Crippen LogP contribution < -0.4 is 5.32 Å². The second kappa shape index (κ2) is 10.8. The van der Waals surface area contributed by atoms with Gasteiger partial charge in [-0.2, -0.15) is 8.42 Å². The van der Waals surface area contributed by atoms with Crippen LogP contribution in [0, 0.1) is 0 Å². The smallest absolute Gasteiger partial charge is 0.265 e. The average Bonchev–Trinajstić information content (AvgIpc) is 2.46. The number of rotatable bonds is 13. The molecule has 23 heavy (non-hydrogen) atoms. The lowest BCUT2D eigenvalue weighted by Crippen LogP contribution is -2.56. The lowest BCUT2D eigenvalue weighted by atomic mass is 10.2. The molecule has 136 valence electrons. The molecule has 0 aliphatic carbocycles. The molecular formula is C16H33N2O4S+. The molecule has 0 saturated heterocycles. The Morgan fingerprint density at radius 3 is 1.96 bits per heavy atom. The first-order chi connectivity index (χ1) is 10.7. The number of hydrogen-bond donors (Lipinski definition) is 2. The van der Waals surface area contributed by atoms with Crippen molar-refractivity contribution in [2.45, 2.75) is 52.9 Å². The molecule has 6 nitrogen and oxygen atoms in total. The summed E-state index contributed by atoms with van der Waals surface area (Å²) in [5.74, 6) is -0.407. The summed E-state index contributed by atoms with van der Waals surface area (Å²) in [6.45, 7) is 12.4. The van der Waals surface area contributed by atoms with Crippen molar-refractivity contribution in [2.75, 3.05) is 32.1 Å². The van der Waals surface area contributed by atoms with E-state index >= 15 is 0 Å². The molecule has 0 aromatic rings. The summed E-state index contributed by atoms with van der Waals surface area (Å²) in [6.07, 6.45) is 4.49. The van der Waals surface area contributed by atoms with E-state index in [1.807, 2.05) is 0 Å². The van der Waals surface area contributed by atoms with Gasteiger partial charge in [0.2, 0.25) is 0 Å². The molecule has 1 amide bonds. The van der Waals surface area contributed by atoms with Gasteiger partial charge in [-0.25, -0.2) is 0 Å². The highest BCUT2D eigenvalue weighted by atomic mass is 32.2. The summed E-state index contributed by atoms with van der Waals surface area (Å²) in [7, 11) is -3.94. The maximum Gasteiger partial charge on any atom is 0.265 e. The zero-order valence-electron chi connectivity index (χ0n) is 14.8. The fraction of sp³-hybridized carbons (Fsp3) is 0.812. The van der Waals surface area contributed by atoms with Crippen molar-refractivity contribution in [3.05, 3.63) is 12.2 Å². The molecule has 0 aromatic heterocycles. The van der Waals surface area contributed by atoms with Gasteiger partial charge in [-0.1, -0.05) is 33.3 Å². The van der Waals surface area contributed by atoms with Crippen LogP contribution in [-0.2, 0) is 14.9 Å². The summed E-state index contributed by atoms with van der Waals surface area (Å²) >= 11 is 0. The Morgan fingerprint density at radius 2 is 1.57 bits per heavy atom. The molecule has 0 bridgehead atoms. The molecule has 0 aromatic carbocycles. The summed E-state index contributed by atoms with van der Waals surface area (Å²) in [4.78, 5) is 11.8. The second-order valence-corrected chi connectivity index (χ2v) is 7.88. The number of nitrogens with zero attached hydrogens (tertiary/aromatic N) is 1. The van der Waals surface area contributed by atoms with Gasteiger partial charge >= 0.3 is 0 Å². The van der Waals surface area contributed by atoms with Gasteiger partial charge in [0.1, 0.15) is 0 Å². The Balaban J connectivity index is 4.98. The van der Waals surface area contributed by atoms with Gasteiger partial charge in [0, 0.05) is 12.0 Å². The minimum atomic E-state index is -3.94. The molecule has 0 heterocycles. The predicted octanol–water partition coefficient (Wildman–Crippen LogP) is 2.33. The lowest BCUT2D eigenvalue weighted by molar-refractivity contribution is -0.930. The summed E-state index contributed by atoms with van der Waals surface area (Å²) < 4.78 is 31.5. The summed E-state index contributed by atoms with van der Waals surface area (Å²) in [5, 5.41) is 2.91. The molecule has 0 saturated carbocycles. The zero-order chi connectivity index (χ0) is 17.9. The van der Waals surface area contributed by atoms with Crippen LogP contribution in [0.5, 0.6) is 0 Å². The van der Waals surface area contributed by atoms with E-state index in [4.69, 9.17) is 4.55 Å². The summed E-state index contributed by atoms with van der Waals surface area (Å²) in [6, 6.07) is 0. The second-order valence-electron chi connectivity index (χ2n) is 6.30. The van der Waals surface area contributed by atoms with Crippen LogP contribution in [0.1, 0.15) is 52.9 Å². The van der Waals surface area contributed by atoms with Gasteiger partial charge < -0.3 is 9.80 Å². The van der Waals surface area contributed by atoms with Crippen LogP contribution in [0.3, 0.4) is 0 Å².